The summed E-state index contributed by atoms with van der Waals surface area (Å²) in [6.07, 6.45) is 4.92. The number of carbonyl (C=O) groups excluding carboxylic acids is 1. The van der Waals surface area contributed by atoms with Gasteiger partial charge in [0.25, 0.3) is 0 Å². The molecular weight excluding hydrogens is 354 g/mol. The molecule has 1 heterocycles. The minimum absolute atomic E-state index is 0.187. The molecular formula is C23H25NO4. The number of nitrogens with one attached hydrogen (secondary N) is 1. The van der Waals surface area contributed by atoms with Gasteiger partial charge in [-0.3, -0.25) is 0 Å². The molecule has 0 aliphatic carbocycles. The Bertz CT molecular complexity index is 943. The van der Waals surface area contributed by atoms with E-state index in [0.717, 1.165) is 22.8 Å². The van der Waals surface area contributed by atoms with Gasteiger partial charge < -0.3 is 19.6 Å². The Balaban J connectivity index is 1.52. The molecule has 0 aliphatic rings. The normalized spacial score (nSPS) is 13.7. The predicted molar refractivity (Wildman–Crippen MR) is 110 cm³/mol. The van der Waals surface area contributed by atoms with Crippen LogP contribution >= 0.6 is 0 Å². The SMILES string of the molecule is COC(=O)C=Cc1ccc(CC(C)NCC(O)c2occ3ccccc23)cc1. The summed E-state index contributed by atoms with van der Waals surface area (Å²) in [6, 6.07) is 16.0. The van der Waals surface area contributed by atoms with E-state index >= 15 is 0 Å². The van der Waals surface area contributed by atoms with Crippen molar-refractivity contribution >= 4 is 22.8 Å². The van der Waals surface area contributed by atoms with E-state index < -0.39 is 6.10 Å². The van der Waals surface area contributed by atoms with Crippen molar-refractivity contribution in [3.63, 3.8) is 0 Å². The molecule has 2 N–H and O–H groups in total. The van der Waals surface area contributed by atoms with Gasteiger partial charge in [-0.25, -0.2) is 4.79 Å². The molecule has 1 aromatic heterocycles. The Kier molecular flexibility index (Phi) is 6.63. The molecule has 2 unspecified atom stereocenters. The van der Waals surface area contributed by atoms with Gasteiger partial charge in [0.05, 0.1) is 13.4 Å². The summed E-state index contributed by atoms with van der Waals surface area (Å²) in [5, 5.41) is 15.8. The summed E-state index contributed by atoms with van der Waals surface area (Å²) in [7, 11) is 1.36. The highest BCUT2D eigenvalue weighted by Gasteiger charge is 2.16. The van der Waals surface area contributed by atoms with Crippen LogP contribution in [0.2, 0.25) is 0 Å². The molecule has 5 nitrogen and oxygen atoms in total. The lowest BCUT2D eigenvalue weighted by molar-refractivity contribution is -0.134. The maximum atomic E-state index is 11.1. The minimum atomic E-state index is -0.701. The fraction of sp³-hybridized carbons (Fsp3) is 0.261. The number of furan rings is 1. The highest BCUT2D eigenvalue weighted by atomic mass is 16.5. The molecule has 28 heavy (non-hydrogen) atoms. The van der Waals surface area contributed by atoms with E-state index in [9.17, 15) is 9.90 Å². The van der Waals surface area contributed by atoms with Crippen LogP contribution in [0.3, 0.4) is 0 Å². The second-order valence-electron chi connectivity index (χ2n) is 6.81. The molecule has 3 aromatic rings. The number of benzene rings is 2. The fourth-order valence-electron chi connectivity index (χ4n) is 3.10. The number of carbonyl (C=O) groups is 1. The monoisotopic (exact) mass is 379 g/mol. The number of fused-ring (bicyclic) bond motifs is 1. The van der Waals surface area contributed by atoms with Crippen LogP contribution < -0.4 is 5.32 Å². The molecule has 0 fully saturated rings. The quantitative estimate of drug-likeness (QED) is 0.459. The van der Waals surface area contributed by atoms with Crippen LogP contribution in [0.4, 0.5) is 0 Å². The lowest BCUT2D eigenvalue weighted by Crippen LogP contribution is -2.32. The van der Waals surface area contributed by atoms with Crippen molar-refractivity contribution in [3.05, 3.63) is 77.8 Å². The van der Waals surface area contributed by atoms with Crippen molar-refractivity contribution in [1.82, 2.24) is 5.32 Å². The summed E-state index contributed by atoms with van der Waals surface area (Å²) >= 11 is 0. The molecule has 2 atom stereocenters. The van der Waals surface area contributed by atoms with Gasteiger partial charge in [0.2, 0.25) is 0 Å². The molecule has 3 rings (SSSR count). The molecule has 0 bridgehead atoms. The first-order chi connectivity index (χ1) is 13.6. The Hall–Kier alpha value is -2.89. The maximum Gasteiger partial charge on any atom is 0.330 e. The van der Waals surface area contributed by atoms with E-state index in [1.54, 1.807) is 12.3 Å². The summed E-state index contributed by atoms with van der Waals surface area (Å²) in [5.41, 5.74) is 2.11. The molecule has 0 radical (unpaired) electrons. The zero-order valence-electron chi connectivity index (χ0n) is 16.1. The van der Waals surface area contributed by atoms with Crippen LogP contribution in [0, 0.1) is 0 Å². The van der Waals surface area contributed by atoms with Crippen LogP contribution in [-0.2, 0) is 16.0 Å². The Morgan fingerprint density at radius 1 is 1.21 bits per heavy atom. The number of hydrogen-bond donors (Lipinski definition) is 2. The number of hydrogen-bond acceptors (Lipinski definition) is 5. The highest BCUT2D eigenvalue weighted by Crippen LogP contribution is 2.26. The largest absolute Gasteiger partial charge is 0.466 e. The van der Waals surface area contributed by atoms with Gasteiger partial charge in [-0.1, -0.05) is 48.5 Å². The van der Waals surface area contributed by atoms with Crippen LogP contribution in [-0.4, -0.2) is 30.8 Å². The van der Waals surface area contributed by atoms with E-state index in [1.165, 1.54) is 18.7 Å². The molecule has 0 aliphatic heterocycles. The standard InChI is InChI=1S/C23H25NO4/c1-16(13-18-9-7-17(8-10-18)11-12-22(26)27-2)24-14-21(25)23-20-6-4-3-5-19(20)15-28-23/h3-12,15-16,21,24-25H,13-14H2,1-2H3. The Morgan fingerprint density at radius 3 is 2.71 bits per heavy atom. The molecule has 0 saturated heterocycles. The maximum absolute atomic E-state index is 11.1. The summed E-state index contributed by atoms with van der Waals surface area (Å²) in [6.45, 7) is 2.50. The van der Waals surface area contributed by atoms with Crippen molar-refractivity contribution in [1.29, 1.82) is 0 Å². The summed E-state index contributed by atoms with van der Waals surface area (Å²) < 4.78 is 10.1. The van der Waals surface area contributed by atoms with Crippen molar-refractivity contribution in [2.75, 3.05) is 13.7 Å². The van der Waals surface area contributed by atoms with Gasteiger partial charge >= 0.3 is 5.97 Å². The Morgan fingerprint density at radius 2 is 1.96 bits per heavy atom. The number of rotatable bonds is 8. The lowest BCUT2D eigenvalue weighted by Gasteiger charge is -2.16. The average molecular weight is 379 g/mol. The van der Waals surface area contributed by atoms with Gasteiger partial charge in [0.15, 0.2) is 0 Å². The van der Waals surface area contributed by atoms with E-state index in [4.69, 9.17) is 4.42 Å². The molecule has 0 spiro atoms. The number of esters is 1. The fourth-order valence-corrected chi connectivity index (χ4v) is 3.10. The first kappa shape index (κ1) is 19.9. The van der Waals surface area contributed by atoms with Crippen LogP contribution in [0.1, 0.15) is 29.9 Å². The van der Waals surface area contributed by atoms with Crippen molar-refractivity contribution < 1.29 is 19.1 Å². The number of methoxy groups -OCH3 is 1. The molecule has 5 heteroatoms. The van der Waals surface area contributed by atoms with E-state index in [0.29, 0.717) is 12.3 Å². The average Bonchev–Trinajstić information content (AvgIpc) is 3.15. The van der Waals surface area contributed by atoms with Gasteiger partial charge in [-0.2, -0.15) is 0 Å². The van der Waals surface area contributed by atoms with Crippen molar-refractivity contribution in [3.8, 4) is 0 Å². The second-order valence-corrected chi connectivity index (χ2v) is 6.81. The van der Waals surface area contributed by atoms with Crippen LogP contribution in [0.5, 0.6) is 0 Å². The first-order valence-electron chi connectivity index (χ1n) is 9.29. The van der Waals surface area contributed by atoms with Gasteiger partial charge in [0.1, 0.15) is 11.9 Å². The third-order valence-electron chi connectivity index (χ3n) is 4.64. The topological polar surface area (TPSA) is 71.7 Å². The number of aliphatic hydroxyl groups excluding tert-OH is 1. The van der Waals surface area contributed by atoms with Crippen molar-refractivity contribution in [2.45, 2.75) is 25.5 Å². The lowest BCUT2D eigenvalue weighted by atomic mass is 10.0. The third-order valence-corrected chi connectivity index (χ3v) is 4.64. The van der Waals surface area contributed by atoms with E-state index in [-0.39, 0.29) is 12.0 Å². The van der Waals surface area contributed by atoms with Gasteiger partial charge in [0, 0.05) is 29.4 Å². The smallest absolute Gasteiger partial charge is 0.330 e. The number of ether oxygens (including phenoxy) is 1. The van der Waals surface area contributed by atoms with E-state index in [1.807, 2.05) is 48.5 Å². The van der Waals surface area contributed by atoms with Crippen LogP contribution in [0.15, 0.2) is 65.3 Å². The highest BCUT2D eigenvalue weighted by molar-refractivity contribution is 5.87. The Labute approximate surface area is 164 Å². The summed E-state index contributed by atoms with van der Waals surface area (Å²) in [4.78, 5) is 11.1. The summed E-state index contributed by atoms with van der Waals surface area (Å²) in [5.74, 6) is 0.224. The van der Waals surface area contributed by atoms with Gasteiger partial charge in [-0.15, -0.1) is 0 Å². The second kappa shape index (κ2) is 9.35. The number of aliphatic hydroxyl groups is 1. The van der Waals surface area contributed by atoms with E-state index in [2.05, 4.69) is 17.0 Å². The van der Waals surface area contributed by atoms with Gasteiger partial charge in [-0.05, 0) is 30.5 Å². The molecule has 146 valence electrons. The molecule has 0 amide bonds. The van der Waals surface area contributed by atoms with Crippen molar-refractivity contribution in [2.24, 2.45) is 0 Å². The first-order valence-corrected chi connectivity index (χ1v) is 9.29. The molecule has 2 aromatic carbocycles. The predicted octanol–water partition coefficient (Wildman–Crippen LogP) is 3.87. The van der Waals surface area contributed by atoms with Crippen LogP contribution in [0.25, 0.3) is 16.8 Å². The third kappa shape index (κ3) is 5.09. The minimum Gasteiger partial charge on any atom is -0.466 e. The zero-order chi connectivity index (χ0) is 19.9. The molecule has 0 saturated carbocycles. The zero-order valence-corrected chi connectivity index (χ0v) is 16.1.